The van der Waals surface area contributed by atoms with Crippen LogP contribution in [-0.4, -0.2) is 29.6 Å². The fourth-order valence-corrected chi connectivity index (χ4v) is 2.68. The first-order valence-corrected chi connectivity index (χ1v) is 9.02. The third kappa shape index (κ3) is 4.82. The summed E-state index contributed by atoms with van der Waals surface area (Å²) in [4.78, 5) is 36.7. The van der Waals surface area contributed by atoms with Gasteiger partial charge in [0.15, 0.2) is 6.10 Å². The Morgan fingerprint density at radius 2 is 1.71 bits per heavy atom. The predicted molar refractivity (Wildman–Crippen MR) is 104 cm³/mol. The van der Waals surface area contributed by atoms with Crippen LogP contribution in [0.1, 0.15) is 25.3 Å². The van der Waals surface area contributed by atoms with Gasteiger partial charge in [-0.15, -0.1) is 0 Å². The van der Waals surface area contributed by atoms with Crippen LogP contribution in [0.25, 0.3) is 0 Å². The summed E-state index contributed by atoms with van der Waals surface area (Å²) in [5, 5.41) is 8.06. The lowest BCUT2D eigenvalue weighted by Crippen LogP contribution is -2.39. The Hall–Kier alpha value is -3.48. The van der Waals surface area contributed by atoms with E-state index in [-0.39, 0.29) is 24.5 Å². The van der Waals surface area contributed by atoms with Crippen LogP contribution < -0.4 is 10.3 Å². The van der Waals surface area contributed by atoms with Crippen LogP contribution in [0.3, 0.4) is 0 Å². The predicted octanol–water partition coefficient (Wildman–Crippen LogP) is 2.42. The Balaban J connectivity index is 1.60. The highest BCUT2D eigenvalue weighted by Gasteiger charge is 2.28. The molecule has 1 N–H and O–H groups in total. The Kier molecular flexibility index (Phi) is 6.16. The van der Waals surface area contributed by atoms with E-state index in [9.17, 15) is 14.4 Å². The van der Waals surface area contributed by atoms with E-state index in [4.69, 9.17) is 4.74 Å². The number of esters is 1. The molecule has 2 aromatic carbocycles. The molecule has 0 spiro atoms. The van der Waals surface area contributed by atoms with Gasteiger partial charge in [0.2, 0.25) is 5.91 Å². The zero-order chi connectivity index (χ0) is 19.9. The molecule has 1 aliphatic heterocycles. The fourth-order valence-electron chi connectivity index (χ4n) is 2.68. The number of carbonyl (C=O) groups excluding carboxylic acids is 3. The number of anilines is 1. The number of benzene rings is 2. The summed E-state index contributed by atoms with van der Waals surface area (Å²) in [6.07, 6.45) is -0.641. The number of nitrogens with zero attached hydrogens (tertiary/aromatic N) is 2. The van der Waals surface area contributed by atoms with Crippen molar-refractivity contribution in [1.29, 1.82) is 0 Å². The van der Waals surface area contributed by atoms with Crippen molar-refractivity contribution in [3.8, 4) is 0 Å². The van der Waals surface area contributed by atoms with Crippen molar-refractivity contribution in [1.82, 2.24) is 5.32 Å². The topological polar surface area (TPSA) is 88.1 Å². The van der Waals surface area contributed by atoms with Crippen molar-refractivity contribution in [2.45, 2.75) is 32.4 Å². The summed E-state index contributed by atoms with van der Waals surface area (Å²) in [7, 11) is 0. The number of nitrogens with one attached hydrogen (secondary N) is 1. The zero-order valence-corrected chi connectivity index (χ0v) is 15.5. The number of hydrogen-bond donors (Lipinski definition) is 1. The van der Waals surface area contributed by atoms with Crippen LogP contribution in [0.15, 0.2) is 65.8 Å². The standard InChI is InChI=1S/C21H21N3O4/c1-15(20(26)22-14-16-8-4-2-5-9-16)28-21(27)18-12-13-19(25)24(23-18)17-10-6-3-7-11-17/h2-11,15H,12-14H2,1H3,(H,22,26)/t15-/m1/s1. The third-order valence-corrected chi connectivity index (χ3v) is 4.23. The Labute approximate surface area is 163 Å². The number of ether oxygens (including phenoxy) is 1. The molecule has 0 bridgehead atoms. The van der Waals surface area contributed by atoms with Crippen LogP contribution in [0.2, 0.25) is 0 Å². The molecule has 2 aromatic rings. The van der Waals surface area contributed by atoms with Crippen LogP contribution in [0.5, 0.6) is 0 Å². The molecule has 0 aliphatic carbocycles. The Bertz CT molecular complexity index is 881. The first kappa shape index (κ1) is 19.3. The van der Waals surface area contributed by atoms with Crippen molar-refractivity contribution in [3.63, 3.8) is 0 Å². The SMILES string of the molecule is C[C@@H](OC(=O)C1=NN(c2ccccc2)C(=O)CC1)C(=O)NCc1ccccc1. The highest BCUT2D eigenvalue weighted by Crippen LogP contribution is 2.20. The lowest BCUT2D eigenvalue weighted by Gasteiger charge is -2.23. The van der Waals surface area contributed by atoms with Gasteiger partial charge in [-0.05, 0) is 24.6 Å². The molecule has 0 aromatic heterocycles. The molecule has 0 fully saturated rings. The van der Waals surface area contributed by atoms with Gasteiger partial charge in [0.25, 0.3) is 5.91 Å². The van der Waals surface area contributed by atoms with Gasteiger partial charge in [-0.3, -0.25) is 9.59 Å². The molecule has 0 unspecified atom stereocenters. The molecule has 0 saturated carbocycles. The van der Waals surface area contributed by atoms with E-state index in [1.807, 2.05) is 36.4 Å². The fraction of sp³-hybridized carbons (Fsp3) is 0.238. The normalized spacial score (nSPS) is 14.8. The maximum Gasteiger partial charge on any atom is 0.355 e. The molecule has 0 saturated heterocycles. The molecule has 144 valence electrons. The van der Waals surface area contributed by atoms with Crippen LogP contribution in [0.4, 0.5) is 5.69 Å². The smallest absolute Gasteiger partial charge is 0.355 e. The van der Waals surface area contributed by atoms with Gasteiger partial charge in [-0.1, -0.05) is 48.5 Å². The van der Waals surface area contributed by atoms with E-state index in [0.717, 1.165) is 5.56 Å². The first-order chi connectivity index (χ1) is 13.5. The van der Waals surface area contributed by atoms with Gasteiger partial charge in [0.1, 0.15) is 5.71 Å². The summed E-state index contributed by atoms with van der Waals surface area (Å²) < 4.78 is 5.24. The third-order valence-electron chi connectivity index (χ3n) is 4.23. The molecular formula is C21H21N3O4. The lowest BCUT2D eigenvalue weighted by atomic mass is 10.1. The van der Waals surface area contributed by atoms with E-state index >= 15 is 0 Å². The number of hydrazone groups is 1. The maximum absolute atomic E-state index is 12.4. The van der Waals surface area contributed by atoms with Gasteiger partial charge in [-0.2, -0.15) is 5.10 Å². The first-order valence-electron chi connectivity index (χ1n) is 9.02. The second kappa shape index (κ2) is 8.94. The van der Waals surface area contributed by atoms with E-state index in [2.05, 4.69) is 10.4 Å². The molecular weight excluding hydrogens is 358 g/mol. The highest BCUT2D eigenvalue weighted by atomic mass is 16.5. The summed E-state index contributed by atoms with van der Waals surface area (Å²) in [5.41, 5.74) is 1.64. The van der Waals surface area contributed by atoms with Gasteiger partial charge >= 0.3 is 5.97 Å². The maximum atomic E-state index is 12.4. The van der Waals surface area contributed by atoms with Gasteiger partial charge in [-0.25, -0.2) is 9.80 Å². The Morgan fingerprint density at radius 3 is 2.39 bits per heavy atom. The minimum absolute atomic E-state index is 0.117. The second-order valence-corrected chi connectivity index (χ2v) is 6.34. The minimum atomic E-state index is -0.971. The molecule has 3 rings (SSSR count). The summed E-state index contributed by atoms with van der Waals surface area (Å²) in [6.45, 7) is 1.85. The largest absolute Gasteiger partial charge is 0.448 e. The van der Waals surface area contributed by atoms with Crippen molar-refractivity contribution in [2.75, 3.05) is 5.01 Å². The van der Waals surface area contributed by atoms with Crippen LogP contribution in [0, 0.1) is 0 Å². The second-order valence-electron chi connectivity index (χ2n) is 6.34. The summed E-state index contributed by atoms with van der Waals surface area (Å²) in [5.74, 6) is -1.29. The van der Waals surface area contributed by atoms with Crippen molar-refractivity contribution < 1.29 is 19.1 Å². The molecule has 28 heavy (non-hydrogen) atoms. The average molecular weight is 379 g/mol. The van der Waals surface area contributed by atoms with Gasteiger partial charge in [0.05, 0.1) is 5.69 Å². The van der Waals surface area contributed by atoms with E-state index in [0.29, 0.717) is 12.2 Å². The average Bonchev–Trinajstić information content (AvgIpc) is 2.73. The molecule has 1 heterocycles. The molecule has 0 radical (unpaired) electrons. The van der Waals surface area contributed by atoms with Gasteiger partial charge in [0, 0.05) is 19.4 Å². The molecule has 1 atom stereocenters. The highest BCUT2D eigenvalue weighted by molar-refractivity contribution is 6.38. The van der Waals surface area contributed by atoms with Crippen molar-refractivity contribution >= 4 is 29.2 Å². The molecule has 1 aliphatic rings. The number of amides is 2. The van der Waals surface area contributed by atoms with Crippen LogP contribution >= 0.6 is 0 Å². The van der Waals surface area contributed by atoms with Gasteiger partial charge < -0.3 is 10.1 Å². The number of carbonyl (C=O) groups is 3. The Morgan fingerprint density at radius 1 is 1.07 bits per heavy atom. The minimum Gasteiger partial charge on any atom is -0.448 e. The monoisotopic (exact) mass is 379 g/mol. The number of hydrogen-bond acceptors (Lipinski definition) is 5. The molecule has 7 nitrogen and oxygen atoms in total. The quantitative estimate of drug-likeness (QED) is 0.781. The van der Waals surface area contributed by atoms with E-state index in [1.165, 1.54) is 11.9 Å². The van der Waals surface area contributed by atoms with E-state index in [1.54, 1.807) is 24.3 Å². The van der Waals surface area contributed by atoms with E-state index < -0.39 is 18.0 Å². The lowest BCUT2D eigenvalue weighted by molar-refractivity contribution is -0.148. The van der Waals surface area contributed by atoms with Crippen molar-refractivity contribution in [3.05, 3.63) is 66.2 Å². The number of rotatable bonds is 6. The summed E-state index contributed by atoms with van der Waals surface area (Å²) >= 11 is 0. The van der Waals surface area contributed by atoms with Crippen LogP contribution in [-0.2, 0) is 25.7 Å². The molecule has 7 heteroatoms. The molecule has 2 amide bonds. The zero-order valence-electron chi connectivity index (χ0n) is 15.5. The summed E-state index contributed by atoms with van der Waals surface area (Å²) in [6, 6.07) is 18.3. The number of para-hydroxylation sites is 1. The van der Waals surface area contributed by atoms with Crippen molar-refractivity contribution in [2.24, 2.45) is 5.10 Å².